The highest BCUT2D eigenvalue weighted by atomic mass is 32.1. The van der Waals surface area contributed by atoms with Crippen LogP contribution in [0.1, 0.15) is 86.0 Å². The molecule has 1 aliphatic heterocycles. The SMILES string of the molecule is CCCCCCOc1ccc(C(=O)N2CCN(c3nnc(C4CCCCC4)s3)CC2)cc1. The van der Waals surface area contributed by atoms with Crippen molar-refractivity contribution in [2.75, 3.05) is 37.7 Å². The minimum Gasteiger partial charge on any atom is -0.494 e. The van der Waals surface area contributed by atoms with Crippen LogP contribution in [0.5, 0.6) is 5.75 Å². The summed E-state index contributed by atoms with van der Waals surface area (Å²) in [6.45, 7) is 6.00. The van der Waals surface area contributed by atoms with E-state index in [4.69, 9.17) is 4.74 Å². The summed E-state index contributed by atoms with van der Waals surface area (Å²) in [5.74, 6) is 1.54. The molecule has 1 saturated carbocycles. The first kappa shape index (κ1) is 23.0. The Morgan fingerprint density at radius 2 is 1.75 bits per heavy atom. The molecule has 7 heteroatoms. The zero-order valence-corrected chi connectivity index (χ0v) is 20.1. The van der Waals surface area contributed by atoms with Gasteiger partial charge in [0, 0.05) is 37.7 Å². The summed E-state index contributed by atoms with van der Waals surface area (Å²) in [6, 6.07) is 7.60. The van der Waals surface area contributed by atoms with Crippen molar-refractivity contribution in [3.8, 4) is 5.75 Å². The van der Waals surface area contributed by atoms with Crippen molar-refractivity contribution in [3.05, 3.63) is 34.8 Å². The lowest BCUT2D eigenvalue weighted by Crippen LogP contribution is -2.48. The van der Waals surface area contributed by atoms with E-state index >= 15 is 0 Å². The molecule has 1 saturated heterocycles. The summed E-state index contributed by atoms with van der Waals surface area (Å²) in [7, 11) is 0. The first-order chi connectivity index (χ1) is 15.7. The Morgan fingerprint density at radius 3 is 2.47 bits per heavy atom. The molecule has 1 aromatic carbocycles. The molecule has 1 aromatic heterocycles. The summed E-state index contributed by atoms with van der Waals surface area (Å²) in [4.78, 5) is 17.2. The highest BCUT2D eigenvalue weighted by Gasteiger charge is 2.26. The van der Waals surface area contributed by atoms with Gasteiger partial charge in [-0.15, -0.1) is 10.2 Å². The van der Waals surface area contributed by atoms with Crippen LogP contribution >= 0.6 is 11.3 Å². The first-order valence-electron chi connectivity index (χ1n) is 12.3. The summed E-state index contributed by atoms with van der Waals surface area (Å²) in [6.07, 6.45) is 11.2. The van der Waals surface area contributed by atoms with Gasteiger partial charge in [0.2, 0.25) is 5.13 Å². The fourth-order valence-corrected chi connectivity index (χ4v) is 5.63. The molecule has 4 rings (SSSR count). The van der Waals surface area contributed by atoms with Crippen molar-refractivity contribution in [2.24, 2.45) is 0 Å². The molecule has 6 nitrogen and oxygen atoms in total. The first-order valence-corrected chi connectivity index (χ1v) is 13.2. The average molecular weight is 457 g/mol. The molecule has 2 fully saturated rings. The topological polar surface area (TPSA) is 58.6 Å². The fourth-order valence-electron chi connectivity index (χ4n) is 4.56. The van der Waals surface area contributed by atoms with E-state index in [9.17, 15) is 4.79 Å². The van der Waals surface area contributed by atoms with Gasteiger partial charge in [0.25, 0.3) is 5.91 Å². The molecule has 32 heavy (non-hydrogen) atoms. The van der Waals surface area contributed by atoms with E-state index in [0.29, 0.717) is 19.0 Å². The van der Waals surface area contributed by atoms with Gasteiger partial charge in [-0.05, 0) is 43.5 Å². The van der Waals surface area contributed by atoms with Gasteiger partial charge in [-0.1, -0.05) is 56.8 Å². The molecular weight excluding hydrogens is 420 g/mol. The van der Waals surface area contributed by atoms with Gasteiger partial charge in [-0.3, -0.25) is 4.79 Å². The van der Waals surface area contributed by atoms with Crippen molar-refractivity contribution in [2.45, 2.75) is 70.6 Å². The van der Waals surface area contributed by atoms with Crippen LogP contribution in [0, 0.1) is 0 Å². The van der Waals surface area contributed by atoms with Crippen LogP contribution < -0.4 is 9.64 Å². The number of nitrogens with zero attached hydrogens (tertiary/aromatic N) is 4. The Morgan fingerprint density at radius 1 is 1.00 bits per heavy atom. The minimum absolute atomic E-state index is 0.0966. The molecule has 0 N–H and O–H groups in total. The van der Waals surface area contributed by atoms with Crippen molar-refractivity contribution in [1.29, 1.82) is 0 Å². The van der Waals surface area contributed by atoms with Gasteiger partial charge >= 0.3 is 0 Å². The van der Waals surface area contributed by atoms with Gasteiger partial charge < -0.3 is 14.5 Å². The Bertz CT molecular complexity index is 840. The molecular formula is C25H36N4O2S. The van der Waals surface area contributed by atoms with E-state index in [1.807, 2.05) is 29.2 Å². The Kier molecular flexibility index (Phi) is 8.37. The molecule has 1 amide bonds. The van der Waals surface area contributed by atoms with Crippen molar-refractivity contribution in [1.82, 2.24) is 15.1 Å². The summed E-state index contributed by atoms with van der Waals surface area (Å²) >= 11 is 1.75. The van der Waals surface area contributed by atoms with E-state index in [2.05, 4.69) is 22.0 Å². The molecule has 2 aliphatic rings. The zero-order chi connectivity index (χ0) is 22.2. The number of hydrogen-bond acceptors (Lipinski definition) is 6. The third-order valence-corrected chi connectivity index (χ3v) is 7.74. The molecule has 0 bridgehead atoms. The molecule has 0 radical (unpaired) electrons. The second-order valence-corrected chi connectivity index (χ2v) is 9.96. The predicted octanol–water partition coefficient (Wildman–Crippen LogP) is 5.51. The Balaban J connectivity index is 1.24. The number of hydrogen-bond donors (Lipinski definition) is 0. The molecule has 2 aromatic rings. The molecule has 174 valence electrons. The maximum absolute atomic E-state index is 12.9. The van der Waals surface area contributed by atoms with Crippen LogP contribution in [0.2, 0.25) is 0 Å². The molecule has 0 spiro atoms. The fraction of sp³-hybridized carbons (Fsp3) is 0.640. The highest BCUT2D eigenvalue weighted by Crippen LogP contribution is 2.36. The second-order valence-electron chi connectivity index (χ2n) is 8.97. The van der Waals surface area contributed by atoms with Gasteiger partial charge in [0.1, 0.15) is 10.8 Å². The number of benzene rings is 1. The number of piperazine rings is 1. The lowest BCUT2D eigenvalue weighted by molar-refractivity contribution is 0.0746. The molecule has 2 heterocycles. The standard InChI is InChI=1S/C25H36N4O2S/c1-2-3-4-8-19-31-22-13-11-21(12-14-22)24(30)28-15-17-29(18-16-28)25-27-26-23(32-25)20-9-6-5-7-10-20/h11-14,20H,2-10,15-19H2,1H3. The predicted molar refractivity (Wildman–Crippen MR) is 130 cm³/mol. The van der Waals surface area contributed by atoms with Crippen molar-refractivity contribution < 1.29 is 9.53 Å². The third-order valence-electron chi connectivity index (χ3n) is 6.59. The lowest BCUT2D eigenvalue weighted by Gasteiger charge is -2.34. The van der Waals surface area contributed by atoms with Crippen molar-refractivity contribution >= 4 is 22.4 Å². The monoisotopic (exact) mass is 456 g/mol. The minimum atomic E-state index is 0.0966. The molecule has 0 atom stereocenters. The number of anilines is 1. The van der Waals surface area contributed by atoms with Crippen LogP contribution in [0.15, 0.2) is 24.3 Å². The number of ether oxygens (including phenoxy) is 1. The quantitative estimate of drug-likeness (QED) is 0.466. The van der Waals surface area contributed by atoms with E-state index in [0.717, 1.165) is 42.6 Å². The highest BCUT2D eigenvalue weighted by molar-refractivity contribution is 7.15. The summed E-state index contributed by atoms with van der Waals surface area (Å²) in [5.41, 5.74) is 0.729. The summed E-state index contributed by atoms with van der Waals surface area (Å²) in [5, 5.41) is 11.2. The summed E-state index contributed by atoms with van der Waals surface area (Å²) < 4.78 is 5.80. The van der Waals surface area contributed by atoms with Gasteiger partial charge in [-0.2, -0.15) is 0 Å². The third kappa shape index (κ3) is 6.00. The number of amides is 1. The zero-order valence-electron chi connectivity index (χ0n) is 19.3. The Labute approximate surface area is 196 Å². The van der Waals surface area contributed by atoms with E-state index in [-0.39, 0.29) is 5.91 Å². The van der Waals surface area contributed by atoms with Gasteiger partial charge in [0.15, 0.2) is 0 Å². The van der Waals surface area contributed by atoms with Crippen LogP contribution in [-0.4, -0.2) is 53.8 Å². The van der Waals surface area contributed by atoms with E-state index in [1.165, 1.54) is 56.4 Å². The van der Waals surface area contributed by atoms with Crippen molar-refractivity contribution in [3.63, 3.8) is 0 Å². The maximum atomic E-state index is 12.9. The smallest absolute Gasteiger partial charge is 0.253 e. The van der Waals surface area contributed by atoms with E-state index < -0.39 is 0 Å². The largest absolute Gasteiger partial charge is 0.494 e. The van der Waals surface area contributed by atoms with Crippen LogP contribution in [0.3, 0.4) is 0 Å². The second kappa shape index (κ2) is 11.6. The molecule has 0 unspecified atom stereocenters. The normalized spacial score (nSPS) is 17.5. The maximum Gasteiger partial charge on any atom is 0.253 e. The van der Waals surface area contributed by atoms with Gasteiger partial charge in [-0.25, -0.2) is 0 Å². The number of carbonyl (C=O) groups is 1. The van der Waals surface area contributed by atoms with Crippen LogP contribution in [0.25, 0.3) is 0 Å². The molecule has 1 aliphatic carbocycles. The Hall–Kier alpha value is -2.15. The number of rotatable bonds is 9. The van der Waals surface area contributed by atoms with Crippen LogP contribution in [-0.2, 0) is 0 Å². The average Bonchev–Trinajstić information content (AvgIpc) is 3.35. The van der Waals surface area contributed by atoms with E-state index in [1.54, 1.807) is 11.3 Å². The number of carbonyl (C=O) groups excluding carboxylic acids is 1. The van der Waals surface area contributed by atoms with Crippen LogP contribution in [0.4, 0.5) is 5.13 Å². The lowest BCUT2D eigenvalue weighted by atomic mass is 9.90. The number of aromatic nitrogens is 2. The van der Waals surface area contributed by atoms with Gasteiger partial charge in [0.05, 0.1) is 6.61 Å². The number of unbranched alkanes of at least 4 members (excludes halogenated alkanes) is 3.